The fourth-order valence-corrected chi connectivity index (χ4v) is 4.09. The number of piperazine rings is 1. The molecule has 7 nitrogen and oxygen atoms in total. The van der Waals surface area contributed by atoms with Gasteiger partial charge in [-0.05, 0) is 20.8 Å². The summed E-state index contributed by atoms with van der Waals surface area (Å²) >= 11 is 1.78. The molecule has 0 bridgehead atoms. The lowest BCUT2D eigenvalue weighted by molar-refractivity contribution is 0.169. The molecule has 2 aromatic rings. The third-order valence-corrected chi connectivity index (χ3v) is 5.62. The minimum atomic E-state index is 0. The van der Waals surface area contributed by atoms with E-state index >= 15 is 0 Å². The molecule has 0 atom stereocenters. The summed E-state index contributed by atoms with van der Waals surface area (Å²) < 4.78 is 4.92. The molecular formula is C18H29IN6OS. The van der Waals surface area contributed by atoms with Gasteiger partial charge in [-0.2, -0.15) is 0 Å². The second-order valence-electron chi connectivity index (χ2n) is 6.48. The van der Waals surface area contributed by atoms with Crippen LogP contribution in [-0.2, 0) is 13.0 Å². The molecule has 1 aliphatic heterocycles. The predicted octanol–water partition coefficient (Wildman–Crippen LogP) is 2.69. The van der Waals surface area contributed by atoms with Crippen molar-refractivity contribution < 1.29 is 4.52 Å². The van der Waals surface area contributed by atoms with Crippen LogP contribution in [0.2, 0.25) is 0 Å². The van der Waals surface area contributed by atoms with E-state index in [1.807, 2.05) is 6.07 Å². The van der Waals surface area contributed by atoms with Gasteiger partial charge >= 0.3 is 0 Å². The summed E-state index contributed by atoms with van der Waals surface area (Å²) in [5.74, 6) is 1.02. The van der Waals surface area contributed by atoms with Crippen LogP contribution < -0.4 is 5.32 Å². The fourth-order valence-electron chi connectivity index (χ4n) is 3.16. The number of aryl methyl sites for hydroxylation is 2. The van der Waals surface area contributed by atoms with E-state index in [9.17, 15) is 0 Å². The van der Waals surface area contributed by atoms with Crippen molar-refractivity contribution in [3.8, 4) is 0 Å². The van der Waals surface area contributed by atoms with Gasteiger partial charge in [0.25, 0.3) is 0 Å². The predicted molar refractivity (Wildman–Crippen MR) is 120 cm³/mol. The largest absolute Gasteiger partial charge is 0.364 e. The second kappa shape index (κ2) is 11.0. The van der Waals surface area contributed by atoms with Crippen LogP contribution >= 0.6 is 35.3 Å². The van der Waals surface area contributed by atoms with Crippen LogP contribution in [-0.4, -0.2) is 65.2 Å². The number of hydrogen-bond acceptors (Lipinski definition) is 6. The highest BCUT2D eigenvalue weighted by Gasteiger charge is 2.20. The van der Waals surface area contributed by atoms with Gasteiger partial charge in [-0.25, -0.2) is 4.98 Å². The van der Waals surface area contributed by atoms with Crippen LogP contribution in [0.1, 0.15) is 28.2 Å². The number of thiazole rings is 1. The maximum absolute atomic E-state index is 4.92. The van der Waals surface area contributed by atoms with Crippen LogP contribution in [0.5, 0.6) is 0 Å². The van der Waals surface area contributed by atoms with E-state index in [0.717, 1.165) is 74.6 Å². The molecule has 1 saturated heterocycles. The third kappa shape index (κ3) is 6.42. The molecule has 3 rings (SSSR count). The minimum Gasteiger partial charge on any atom is -0.364 e. The lowest BCUT2D eigenvalue weighted by atomic mass is 10.3. The summed E-state index contributed by atoms with van der Waals surface area (Å²) in [7, 11) is 0. The van der Waals surface area contributed by atoms with Crippen molar-refractivity contribution >= 4 is 41.3 Å². The van der Waals surface area contributed by atoms with E-state index in [0.29, 0.717) is 0 Å². The second-order valence-corrected chi connectivity index (χ2v) is 7.77. The third-order valence-electron chi connectivity index (χ3n) is 4.48. The summed E-state index contributed by atoms with van der Waals surface area (Å²) in [6, 6.07) is 1.93. The average Bonchev–Trinajstić information content (AvgIpc) is 3.24. The Morgan fingerprint density at radius 3 is 2.67 bits per heavy atom. The van der Waals surface area contributed by atoms with E-state index in [4.69, 9.17) is 9.52 Å². The SMILES string of the molecule is CCNC(=NCCc1sc(C)nc1C)N1CCN(Cc2ccon2)CC1.I. The van der Waals surface area contributed by atoms with Gasteiger partial charge in [0.15, 0.2) is 5.96 Å². The normalized spacial score (nSPS) is 15.7. The Morgan fingerprint density at radius 1 is 1.30 bits per heavy atom. The highest BCUT2D eigenvalue weighted by atomic mass is 127. The van der Waals surface area contributed by atoms with Crippen LogP contribution in [0.25, 0.3) is 0 Å². The van der Waals surface area contributed by atoms with Crippen molar-refractivity contribution in [3.05, 3.63) is 33.6 Å². The Balaban J connectivity index is 0.00000261. The van der Waals surface area contributed by atoms with Crippen molar-refractivity contribution in [1.29, 1.82) is 0 Å². The quantitative estimate of drug-likeness (QED) is 0.371. The Bertz CT molecular complexity index is 710. The van der Waals surface area contributed by atoms with Crippen LogP contribution in [0.4, 0.5) is 0 Å². The molecular weight excluding hydrogens is 475 g/mol. The Kier molecular flexibility index (Phi) is 8.97. The maximum Gasteiger partial charge on any atom is 0.194 e. The van der Waals surface area contributed by atoms with Gasteiger partial charge in [0.1, 0.15) is 6.26 Å². The van der Waals surface area contributed by atoms with Gasteiger partial charge in [0.2, 0.25) is 0 Å². The smallest absolute Gasteiger partial charge is 0.194 e. The standard InChI is InChI=1S/C18H28N6OS.HI/c1-4-19-18(20-7-5-17-14(2)21-15(3)26-17)24-10-8-23(9-11-24)13-16-6-12-25-22-16;/h6,12H,4-5,7-11,13H2,1-3H3,(H,19,20);1H. The molecule has 0 amide bonds. The molecule has 0 radical (unpaired) electrons. The van der Waals surface area contributed by atoms with Crippen LogP contribution in [0.3, 0.4) is 0 Å². The average molecular weight is 504 g/mol. The summed E-state index contributed by atoms with van der Waals surface area (Å²) in [4.78, 5) is 15.5. The zero-order valence-corrected chi connectivity index (χ0v) is 19.4. The summed E-state index contributed by atoms with van der Waals surface area (Å²) in [5, 5.41) is 8.57. The fraction of sp³-hybridized carbons (Fsp3) is 0.611. The lowest BCUT2D eigenvalue weighted by Gasteiger charge is -2.36. The molecule has 0 unspecified atom stereocenters. The first-order chi connectivity index (χ1) is 12.7. The topological polar surface area (TPSA) is 69.8 Å². The Morgan fingerprint density at radius 2 is 2.07 bits per heavy atom. The number of aliphatic imine (C=N–C) groups is 1. The molecule has 0 saturated carbocycles. The van der Waals surface area contributed by atoms with Gasteiger partial charge in [-0.1, -0.05) is 5.16 Å². The van der Waals surface area contributed by atoms with Crippen molar-refractivity contribution in [2.24, 2.45) is 4.99 Å². The molecule has 0 aromatic carbocycles. The first-order valence-corrected chi connectivity index (χ1v) is 10.0. The molecule has 150 valence electrons. The monoisotopic (exact) mass is 504 g/mol. The van der Waals surface area contributed by atoms with Gasteiger partial charge in [0.05, 0.1) is 16.4 Å². The van der Waals surface area contributed by atoms with Gasteiger partial charge in [-0.15, -0.1) is 35.3 Å². The zero-order chi connectivity index (χ0) is 18.4. The summed E-state index contributed by atoms with van der Waals surface area (Å²) in [6.45, 7) is 12.8. The molecule has 0 aliphatic carbocycles. The highest BCUT2D eigenvalue weighted by Crippen LogP contribution is 2.17. The molecule has 0 spiro atoms. The number of nitrogens with zero attached hydrogens (tertiary/aromatic N) is 5. The molecule has 3 heterocycles. The molecule has 1 N–H and O–H groups in total. The minimum absolute atomic E-state index is 0. The van der Waals surface area contributed by atoms with Gasteiger partial charge < -0.3 is 14.7 Å². The van der Waals surface area contributed by atoms with Crippen LogP contribution in [0, 0.1) is 13.8 Å². The number of nitrogens with one attached hydrogen (secondary N) is 1. The molecule has 2 aromatic heterocycles. The molecule has 1 fully saturated rings. The Labute approximate surface area is 182 Å². The van der Waals surface area contributed by atoms with Crippen molar-refractivity contribution in [2.75, 3.05) is 39.3 Å². The van der Waals surface area contributed by atoms with Crippen molar-refractivity contribution in [3.63, 3.8) is 0 Å². The Hall–Kier alpha value is -1.20. The summed E-state index contributed by atoms with van der Waals surface area (Å²) in [6.07, 6.45) is 2.59. The molecule has 1 aliphatic rings. The number of rotatable bonds is 6. The van der Waals surface area contributed by atoms with E-state index in [1.165, 1.54) is 4.88 Å². The first-order valence-electron chi connectivity index (χ1n) is 9.23. The van der Waals surface area contributed by atoms with E-state index in [-0.39, 0.29) is 24.0 Å². The van der Waals surface area contributed by atoms with Crippen molar-refractivity contribution in [2.45, 2.75) is 33.7 Å². The molecule has 9 heteroatoms. The maximum atomic E-state index is 4.92. The van der Waals surface area contributed by atoms with E-state index < -0.39 is 0 Å². The van der Waals surface area contributed by atoms with E-state index in [2.05, 4.69) is 46.0 Å². The van der Waals surface area contributed by atoms with Gasteiger partial charge in [0, 0.05) is 63.2 Å². The van der Waals surface area contributed by atoms with Crippen molar-refractivity contribution in [1.82, 2.24) is 25.3 Å². The van der Waals surface area contributed by atoms with Gasteiger partial charge in [-0.3, -0.25) is 9.89 Å². The lowest BCUT2D eigenvalue weighted by Crippen LogP contribution is -2.52. The van der Waals surface area contributed by atoms with Crippen LogP contribution in [0.15, 0.2) is 21.8 Å². The highest BCUT2D eigenvalue weighted by molar-refractivity contribution is 14.0. The first kappa shape index (κ1) is 22.1. The summed E-state index contributed by atoms with van der Waals surface area (Å²) in [5.41, 5.74) is 2.14. The number of hydrogen-bond donors (Lipinski definition) is 1. The number of halogens is 1. The van der Waals surface area contributed by atoms with E-state index in [1.54, 1.807) is 17.6 Å². The zero-order valence-electron chi connectivity index (χ0n) is 16.3. The number of guanidine groups is 1. The number of aromatic nitrogens is 2. The molecule has 27 heavy (non-hydrogen) atoms.